The fourth-order valence-corrected chi connectivity index (χ4v) is 9.36. The molecular formula is C46H24N4. The van der Waals surface area contributed by atoms with Crippen molar-refractivity contribution in [1.29, 1.82) is 0 Å². The molecule has 0 radical (unpaired) electrons. The lowest BCUT2D eigenvalue weighted by atomic mass is 10.0. The first-order valence-corrected chi connectivity index (χ1v) is 17.2. The molecule has 4 heterocycles. The van der Waals surface area contributed by atoms with Crippen LogP contribution in [0.25, 0.3) is 121 Å². The third-order valence-corrected chi connectivity index (χ3v) is 11.3. The fraction of sp³-hybridized carbons (Fsp3) is 0. The van der Waals surface area contributed by atoms with Gasteiger partial charge in [-0.05, 0) is 47.9 Å². The molecule has 4 aromatic heterocycles. The van der Waals surface area contributed by atoms with Crippen LogP contribution in [0.1, 0.15) is 0 Å². The highest BCUT2D eigenvalue weighted by atomic mass is 15.0. The van der Waals surface area contributed by atoms with Gasteiger partial charge in [-0.15, -0.1) is 0 Å². The molecule has 4 nitrogen and oxygen atoms in total. The second kappa shape index (κ2) is 8.62. The third-order valence-electron chi connectivity index (χ3n) is 11.3. The van der Waals surface area contributed by atoms with Crippen LogP contribution in [-0.4, -0.2) is 18.9 Å². The number of aromatic nitrogens is 4. The average Bonchev–Trinajstić information content (AvgIpc) is 3.89. The molecule has 12 aromatic rings. The van der Waals surface area contributed by atoms with E-state index in [1.54, 1.807) is 0 Å². The molecule has 0 aliphatic heterocycles. The lowest BCUT2D eigenvalue weighted by Gasteiger charge is -2.14. The van der Waals surface area contributed by atoms with Crippen LogP contribution in [0.15, 0.2) is 146 Å². The number of nitrogens with zero attached hydrogens (tertiary/aromatic N) is 4. The van der Waals surface area contributed by atoms with Crippen molar-refractivity contribution < 1.29 is 0 Å². The van der Waals surface area contributed by atoms with Crippen molar-refractivity contribution in [1.82, 2.24) is 18.9 Å². The van der Waals surface area contributed by atoms with E-state index in [-0.39, 0.29) is 0 Å². The van der Waals surface area contributed by atoms with Gasteiger partial charge in [0.15, 0.2) is 0 Å². The van der Waals surface area contributed by atoms with Crippen LogP contribution in [0, 0.1) is 0 Å². The van der Waals surface area contributed by atoms with Gasteiger partial charge in [-0.2, -0.15) is 0 Å². The Hall–Kier alpha value is -6.78. The quantitative estimate of drug-likeness (QED) is 0.180. The summed E-state index contributed by atoms with van der Waals surface area (Å²) in [7, 11) is 0. The first kappa shape index (κ1) is 25.3. The Bertz CT molecular complexity index is 3440. The Labute approximate surface area is 284 Å². The summed E-state index contributed by atoms with van der Waals surface area (Å²) in [5, 5.41) is 12.6. The van der Waals surface area contributed by atoms with E-state index in [1.165, 1.54) is 87.1 Å². The zero-order valence-corrected chi connectivity index (χ0v) is 26.6. The lowest BCUT2D eigenvalue weighted by molar-refractivity contribution is 1.21. The number of hydrogen-bond donors (Lipinski definition) is 0. The maximum absolute atomic E-state index is 5.15. The van der Waals surface area contributed by atoms with Gasteiger partial charge in [0.25, 0.3) is 0 Å². The van der Waals surface area contributed by atoms with Crippen molar-refractivity contribution >= 4 is 92.5 Å². The summed E-state index contributed by atoms with van der Waals surface area (Å²) in [5.74, 6) is 0. The standard InChI is InChI=1S/C46H24N4/c1-2-11-26-25(10-1)20-21-32-41-45-33(24-34-28-13-4-8-19-38(28)50(44(26)32)46(34)41)27-12-3-7-18-37(27)49(45)39-23-22-31-40-29(39)14-9-15-30(40)42-43(31)48-36-17-6-5-16-35(36)47-42/h1-24H. The van der Waals surface area contributed by atoms with E-state index in [9.17, 15) is 0 Å². The molecule has 1 aliphatic carbocycles. The van der Waals surface area contributed by atoms with Crippen LogP contribution in [0.5, 0.6) is 0 Å². The van der Waals surface area contributed by atoms with Crippen molar-refractivity contribution in [3.8, 4) is 28.2 Å². The molecule has 0 saturated heterocycles. The minimum atomic E-state index is 0.923. The molecule has 228 valence electrons. The summed E-state index contributed by atoms with van der Waals surface area (Å²) in [6, 6.07) is 53.1. The van der Waals surface area contributed by atoms with Crippen molar-refractivity contribution in [2.45, 2.75) is 0 Å². The van der Waals surface area contributed by atoms with Crippen LogP contribution in [0.3, 0.4) is 0 Å². The first-order valence-electron chi connectivity index (χ1n) is 17.2. The molecule has 0 fully saturated rings. The molecule has 0 unspecified atom stereocenters. The van der Waals surface area contributed by atoms with E-state index >= 15 is 0 Å². The van der Waals surface area contributed by atoms with Crippen molar-refractivity contribution in [3.05, 3.63) is 146 Å². The lowest BCUT2D eigenvalue weighted by Crippen LogP contribution is -1.96. The zero-order valence-electron chi connectivity index (χ0n) is 26.6. The Morgan fingerprint density at radius 3 is 1.84 bits per heavy atom. The minimum Gasteiger partial charge on any atom is -0.308 e. The van der Waals surface area contributed by atoms with E-state index in [1.807, 2.05) is 12.1 Å². The summed E-state index contributed by atoms with van der Waals surface area (Å²) in [6.45, 7) is 0. The first-order chi connectivity index (χ1) is 24.8. The smallest absolute Gasteiger partial charge is 0.0979 e. The van der Waals surface area contributed by atoms with Gasteiger partial charge in [0.2, 0.25) is 0 Å². The van der Waals surface area contributed by atoms with Crippen molar-refractivity contribution in [3.63, 3.8) is 0 Å². The van der Waals surface area contributed by atoms with Crippen LogP contribution < -0.4 is 0 Å². The SMILES string of the molecule is c1ccc2c(c1)ccc1c3c4c(cc5c6ccccc6n(c21)c53)c1ccccc1n4-c1ccc2c3c(cccc13)-c1nc3ccccc3nc1-2. The molecule has 0 bridgehead atoms. The second-order valence-corrected chi connectivity index (χ2v) is 13.7. The van der Waals surface area contributed by atoms with Gasteiger partial charge in [-0.25, -0.2) is 9.97 Å². The highest BCUT2D eigenvalue weighted by Gasteiger charge is 2.29. The molecular weight excluding hydrogens is 609 g/mol. The number of benzene rings is 8. The molecule has 50 heavy (non-hydrogen) atoms. The maximum atomic E-state index is 5.15. The van der Waals surface area contributed by atoms with Crippen molar-refractivity contribution in [2.24, 2.45) is 0 Å². The minimum absolute atomic E-state index is 0.923. The Morgan fingerprint density at radius 1 is 0.380 bits per heavy atom. The van der Waals surface area contributed by atoms with Crippen molar-refractivity contribution in [2.75, 3.05) is 0 Å². The normalized spacial score (nSPS) is 12.8. The second-order valence-electron chi connectivity index (χ2n) is 13.7. The molecule has 8 aromatic carbocycles. The molecule has 0 atom stereocenters. The van der Waals surface area contributed by atoms with Gasteiger partial charge in [-0.1, -0.05) is 103 Å². The van der Waals surface area contributed by atoms with Crippen LogP contribution in [0.4, 0.5) is 0 Å². The van der Waals surface area contributed by atoms with Crippen LogP contribution in [-0.2, 0) is 0 Å². The van der Waals surface area contributed by atoms with E-state index in [4.69, 9.17) is 9.97 Å². The van der Waals surface area contributed by atoms with Gasteiger partial charge in [0, 0.05) is 59.6 Å². The summed E-state index contributed by atoms with van der Waals surface area (Å²) in [6.07, 6.45) is 0. The van der Waals surface area contributed by atoms with E-state index in [0.717, 1.165) is 33.5 Å². The van der Waals surface area contributed by atoms with Gasteiger partial charge in [-0.3, -0.25) is 0 Å². The number of fused-ring (bicyclic) bond motifs is 16. The van der Waals surface area contributed by atoms with Gasteiger partial charge >= 0.3 is 0 Å². The summed E-state index contributed by atoms with van der Waals surface area (Å²) >= 11 is 0. The predicted molar refractivity (Wildman–Crippen MR) is 208 cm³/mol. The fourth-order valence-electron chi connectivity index (χ4n) is 9.36. The van der Waals surface area contributed by atoms with Crippen LogP contribution >= 0.6 is 0 Å². The summed E-state index contributed by atoms with van der Waals surface area (Å²) in [4.78, 5) is 10.3. The highest BCUT2D eigenvalue weighted by molar-refractivity contribution is 6.36. The van der Waals surface area contributed by atoms with E-state index in [2.05, 4.69) is 142 Å². The topological polar surface area (TPSA) is 35.1 Å². The molecule has 0 N–H and O–H groups in total. The van der Waals surface area contributed by atoms with Gasteiger partial charge < -0.3 is 8.97 Å². The van der Waals surface area contributed by atoms with E-state index < -0.39 is 0 Å². The summed E-state index contributed by atoms with van der Waals surface area (Å²) < 4.78 is 5.07. The number of para-hydroxylation sites is 4. The van der Waals surface area contributed by atoms with Gasteiger partial charge in [0.1, 0.15) is 0 Å². The monoisotopic (exact) mass is 632 g/mol. The summed E-state index contributed by atoms with van der Waals surface area (Å²) in [5.41, 5.74) is 13.5. The third kappa shape index (κ3) is 2.84. The molecule has 0 spiro atoms. The van der Waals surface area contributed by atoms with Crippen LogP contribution in [0.2, 0.25) is 0 Å². The zero-order chi connectivity index (χ0) is 32.2. The van der Waals surface area contributed by atoms with E-state index in [0.29, 0.717) is 0 Å². The Morgan fingerprint density at radius 2 is 1.02 bits per heavy atom. The Kier molecular flexibility index (Phi) is 4.36. The largest absolute Gasteiger partial charge is 0.308 e. The maximum Gasteiger partial charge on any atom is 0.0979 e. The average molecular weight is 633 g/mol. The number of hydrogen-bond acceptors (Lipinski definition) is 2. The highest BCUT2D eigenvalue weighted by Crippen LogP contribution is 2.51. The molecule has 4 heteroatoms. The Balaban J connectivity index is 1.25. The molecule has 13 rings (SSSR count). The predicted octanol–water partition coefficient (Wildman–Crippen LogP) is 11.8. The molecule has 1 aliphatic rings. The number of rotatable bonds is 1. The molecule has 0 saturated carbocycles. The van der Waals surface area contributed by atoms with Gasteiger partial charge in [0.05, 0.1) is 55.7 Å². The molecule has 0 amide bonds.